The summed E-state index contributed by atoms with van der Waals surface area (Å²) < 4.78 is 11.9. The van der Waals surface area contributed by atoms with Crippen molar-refractivity contribution in [3.63, 3.8) is 0 Å². The second-order valence-corrected chi connectivity index (χ2v) is 4.79. The third-order valence-corrected chi connectivity index (χ3v) is 2.97. The summed E-state index contributed by atoms with van der Waals surface area (Å²) in [5, 5.41) is 3.27. The number of hydrogen-bond donors (Lipinski definition) is 1. The second kappa shape index (κ2) is 4.86. The molecule has 1 N–H and O–H groups in total. The number of anilines is 2. The van der Waals surface area contributed by atoms with Gasteiger partial charge in [-0.3, -0.25) is 4.98 Å². The van der Waals surface area contributed by atoms with Gasteiger partial charge in [-0.15, -0.1) is 0 Å². The Morgan fingerprint density at radius 3 is 2.67 bits per heavy atom. The Labute approximate surface area is 113 Å². The highest BCUT2D eigenvalue weighted by molar-refractivity contribution is 9.10. The Bertz CT molecular complexity index is 575. The molecule has 0 radical (unpaired) electrons. The lowest BCUT2D eigenvalue weighted by atomic mass is 10.2. The molecule has 92 valence electrons. The summed E-state index contributed by atoms with van der Waals surface area (Å²) >= 11 is 3.39. The molecule has 2 heterocycles. The Morgan fingerprint density at radius 1 is 1.00 bits per heavy atom. The molecule has 1 aromatic carbocycles. The Balaban J connectivity index is 1.85. The Kier molecular flexibility index (Phi) is 3.06. The molecule has 1 aliphatic rings. The number of ether oxygens (including phenoxy) is 2. The van der Waals surface area contributed by atoms with E-state index in [0.717, 1.165) is 27.3 Å². The average Bonchev–Trinajstić information content (AvgIpc) is 2.39. The number of benzene rings is 1. The number of rotatable bonds is 2. The molecule has 0 atom stereocenters. The van der Waals surface area contributed by atoms with Crippen LogP contribution in [0.25, 0.3) is 0 Å². The molecule has 0 unspecified atom stereocenters. The fourth-order valence-corrected chi connectivity index (χ4v) is 2.13. The van der Waals surface area contributed by atoms with E-state index in [4.69, 9.17) is 9.47 Å². The molecule has 1 aliphatic heterocycles. The van der Waals surface area contributed by atoms with Crippen LogP contribution in [0.3, 0.4) is 0 Å². The number of nitrogens with zero attached hydrogens (tertiary/aromatic N) is 1. The Hall–Kier alpha value is -1.75. The smallest absolute Gasteiger partial charge is 0.163 e. The fourth-order valence-electron chi connectivity index (χ4n) is 1.77. The lowest BCUT2D eigenvalue weighted by Gasteiger charge is -2.19. The van der Waals surface area contributed by atoms with Crippen LogP contribution in [0.2, 0.25) is 0 Å². The molecule has 4 nitrogen and oxygen atoms in total. The van der Waals surface area contributed by atoms with E-state index in [9.17, 15) is 0 Å². The quantitative estimate of drug-likeness (QED) is 0.924. The molecule has 0 saturated carbocycles. The van der Waals surface area contributed by atoms with Gasteiger partial charge >= 0.3 is 0 Å². The van der Waals surface area contributed by atoms with E-state index >= 15 is 0 Å². The molecule has 5 heteroatoms. The molecule has 0 saturated heterocycles. The summed E-state index contributed by atoms with van der Waals surface area (Å²) in [6.07, 6.45) is 3.51. The van der Waals surface area contributed by atoms with Crippen LogP contribution < -0.4 is 14.8 Å². The number of pyridine rings is 1. The van der Waals surface area contributed by atoms with Crippen molar-refractivity contribution in [2.24, 2.45) is 0 Å². The van der Waals surface area contributed by atoms with Gasteiger partial charge in [-0.1, -0.05) is 0 Å². The fraction of sp³-hybridized carbons (Fsp3) is 0.154. The molecule has 0 amide bonds. The number of aromatic nitrogens is 1. The van der Waals surface area contributed by atoms with Gasteiger partial charge in [0.05, 0.1) is 11.9 Å². The van der Waals surface area contributed by atoms with Crippen molar-refractivity contribution < 1.29 is 9.47 Å². The highest BCUT2D eigenvalue weighted by Gasteiger charge is 2.11. The van der Waals surface area contributed by atoms with Gasteiger partial charge in [-0.2, -0.15) is 0 Å². The molecule has 0 aliphatic carbocycles. The first kappa shape index (κ1) is 11.3. The van der Waals surface area contributed by atoms with E-state index in [1.54, 1.807) is 12.4 Å². The van der Waals surface area contributed by atoms with E-state index in [2.05, 4.69) is 26.2 Å². The minimum atomic E-state index is 0.592. The zero-order valence-electron chi connectivity index (χ0n) is 9.52. The summed E-state index contributed by atoms with van der Waals surface area (Å²) in [6.45, 7) is 1.20. The van der Waals surface area contributed by atoms with Crippen LogP contribution in [-0.4, -0.2) is 18.2 Å². The summed E-state index contributed by atoms with van der Waals surface area (Å²) in [6, 6.07) is 7.75. The maximum atomic E-state index is 5.54. The zero-order valence-corrected chi connectivity index (χ0v) is 11.1. The third kappa shape index (κ3) is 2.41. The van der Waals surface area contributed by atoms with Gasteiger partial charge in [0.25, 0.3) is 0 Å². The summed E-state index contributed by atoms with van der Waals surface area (Å²) in [7, 11) is 0. The van der Waals surface area contributed by atoms with Crippen LogP contribution >= 0.6 is 15.9 Å². The van der Waals surface area contributed by atoms with Crippen LogP contribution in [0.1, 0.15) is 0 Å². The largest absolute Gasteiger partial charge is 0.486 e. The molecule has 2 aromatic rings. The van der Waals surface area contributed by atoms with Gasteiger partial charge in [0, 0.05) is 22.4 Å². The predicted molar refractivity (Wildman–Crippen MR) is 72.7 cm³/mol. The summed E-state index contributed by atoms with van der Waals surface area (Å²) in [4.78, 5) is 4.10. The minimum absolute atomic E-state index is 0.592. The molecule has 1 aromatic heterocycles. The normalized spacial score (nSPS) is 13.2. The average molecular weight is 307 g/mol. The van der Waals surface area contributed by atoms with Crippen molar-refractivity contribution >= 4 is 27.3 Å². The van der Waals surface area contributed by atoms with Gasteiger partial charge in [0.15, 0.2) is 11.5 Å². The molecular formula is C13H11BrN2O2. The van der Waals surface area contributed by atoms with Gasteiger partial charge < -0.3 is 14.8 Å². The van der Waals surface area contributed by atoms with Crippen molar-refractivity contribution in [2.75, 3.05) is 18.5 Å². The highest BCUT2D eigenvalue weighted by atomic mass is 79.9. The maximum Gasteiger partial charge on any atom is 0.163 e. The van der Waals surface area contributed by atoms with E-state index in [0.29, 0.717) is 13.2 Å². The standard InChI is InChI=1S/C13H11BrN2O2/c14-9-5-11(8-15-7-9)16-10-1-2-12-13(6-10)18-4-3-17-12/h1-2,5-8,16H,3-4H2. The predicted octanol–water partition coefficient (Wildman–Crippen LogP) is 3.36. The van der Waals surface area contributed by atoms with E-state index in [1.165, 1.54) is 0 Å². The van der Waals surface area contributed by atoms with E-state index in [1.807, 2.05) is 24.3 Å². The maximum absolute atomic E-state index is 5.54. The van der Waals surface area contributed by atoms with E-state index in [-0.39, 0.29) is 0 Å². The highest BCUT2D eigenvalue weighted by Crippen LogP contribution is 2.33. The Morgan fingerprint density at radius 2 is 1.83 bits per heavy atom. The number of nitrogens with one attached hydrogen (secondary N) is 1. The van der Waals surface area contributed by atoms with Crippen LogP contribution in [0.15, 0.2) is 41.1 Å². The van der Waals surface area contributed by atoms with E-state index < -0.39 is 0 Å². The first-order valence-corrected chi connectivity index (χ1v) is 6.38. The topological polar surface area (TPSA) is 43.4 Å². The van der Waals surface area contributed by atoms with Gasteiger partial charge in [0.2, 0.25) is 0 Å². The van der Waals surface area contributed by atoms with Gasteiger partial charge in [-0.05, 0) is 34.1 Å². The number of halogens is 1. The SMILES string of the molecule is Brc1cncc(Nc2ccc3c(c2)OCCO3)c1. The minimum Gasteiger partial charge on any atom is -0.486 e. The van der Waals surface area contributed by atoms with Crippen molar-refractivity contribution in [1.82, 2.24) is 4.98 Å². The summed E-state index contributed by atoms with van der Waals surface area (Å²) in [5.74, 6) is 1.56. The lowest BCUT2D eigenvalue weighted by Crippen LogP contribution is -2.15. The third-order valence-electron chi connectivity index (χ3n) is 2.54. The summed E-state index contributed by atoms with van der Waals surface area (Å²) in [5.41, 5.74) is 1.86. The molecule has 3 rings (SSSR count). The molecule has 0 fully saturated rings. The second-order valence-electron chi connectivity index (χ2n) is 3.88. The first-order chi connectivity index (χ1) is 8.81. The van der Waals surface area contributed by atoms with Crippen LogP contribution in [0, 0.1) is 0 Å². The van der Waals surface area contributed by atoms with Crippen LogP contribution in [0.4, 0.5) is 11.4 Å². The van der Waals surface area contributed by atoms with Gasteiger partial charge in [0.1, 0.15) is 13.2 Å². The van der Waals surface area contributed by atoms with Crippen molar-refractivity contribution in [3.05, 3.63) is 41.1 Å². The molecule has 0 bridgehead atoms. The van der Waals surface area contributed by atoms with Gasteiger partial charge in [-0.25, -0.2) is 0 Å². The lowest BCUT2D eigenvalue weighted by molar-refractivity contribution is 0.171. The number of hydrogen-bond acceptors (Lipinski definition) is 4. The van der Waals surface area contributed by atoms with Crippen molar-refractivity contribution in [2.45, 2.75) is 0 Å². The van der Waals surface area contributed by atoms with Crippen molar-refractivity contribution in [1.29, 1.82) is 0 Å². The van der Waals surface area contributed by atoms with Crippen molar-refractivity contribution in [3.8, 4) is 11.5 Å². The van der Waals surface area contributed by atoms with Crippen LogP contribution in [0.5, 0.6) is 11.5 Å². The zero-order chi connectivity index (χ0) is 12.4. The molecule has 0 spiro atoms. The molecular weight excluding hydrogens is 296 g/mol. The molecule has 18 heavy (non-hydrogen) atoms. The first-order valence-electron chi connectivity index (χ1n) is 5.58. The number of fused-ring (bicyclic) bond motifs is 1. The van der Waals surface area contributed by atoms with Crippen LogP contribution in [-0.2, 0) is 0 Å². The monoisotopic (exact) mass is 306 g/mol.